The summed E-state index contributed by atoms with van der Waals surface area (Å²) >= 11 is 0. The third-order valence-electron chi connectivity index (χ3n) is 2.02. The Morgan fingerprint density at radius 1 is 1.53 bits per heavy atom. The van der Waals surface area contributed by atoms with Gasteiger partial charge in [0.25, 0.3) is 11.6 Å². The molecule has 0 aliphatic rings. The lowest BCUT2D eigenvalue weighted by atomic mass is 10.1. The second kappa shape index (κ2) is 6.82. The highest BCUT2D eigenvalue weighted by Crippen LogP contribution is 2.19. The van der Waals surface area contributed by atoms with Crippen molar-refractivity contribution >= 4 is 24.0 Å². The lowest BCUT2D eigenvalue weighted by Crippen LogP contribution is -2.29. The van der Waals surface area contributed by atoms with Crippen LogP contribution in [0.5, 0.6) is 0 Å². The first kappa shape index (κ1) is 15.3. The summed E-state index contributed by atoms with van der Waals surface area (Å²) in [7, 11) is 0. The molecule has 6 nitrogen and oxygen atoms in total. The third kappa shape index (κ3) is 4.01. The van der Waals surface area contributed by atoms with E-state index in [2.05, 4.69) is 5.32 Å². The summed E-state index contributed by atoms with van der Waals surface area (Å²) in [6.45, 7) is 2.36. The average Bonchev–Trinajstić information content (AvgIpc) is 2.25. The SMILES string of the molecule is Cc1ccc([N+](=O)[O-])c(C(=O)NCCN)c1.Cl. The van der Waals surface area contributed by atoms with Gasteiger partial charge in [-0.3, -0.25) is 14.9 Å². The molecule has 0 aromatic heterocycles. The van der Waals surface area contributed by atoms with Crippen LogP contribution in [0.15, 0.2) is 18.2 Å². The zero-order valence-electron chi connectivity index (χ0n) is 9.30. The molecule has 0 saturated heterocycles. The first-order valence-corrected chi connectivity index (χ1v) is 4.79. The Morgan fingerprint density at radius 2 is 2.18 bits per heavy atom. The van der Waals surface area contributed by atoms with Crippen molar-refractivity contribution in [2.75, 3.05) is 13.1 Å². The average molecular weight is 260 g/mol. The van der Waals surface area contributed by atoms with Gasteiger partial charge >= 0.3 is 0 Å². The third-order valence-corrected chi connectivity index (χ3v) is 2.02. The van der Waals surface area contributed by atoms with Crippen LogP contribution in [0.1, 0.15) is 15.9 Å². The smallest absolute Gasteiger partial charge is 0.282 e. The van der Waals surface area contributed by atoms with Crippen molar-refractivity contribution in [1.29, 1.82) is 0 Å². The molecule has 0 fully saturated rings. The Bertz CT molecular complexity index is 423. The van der Waals surface area contributed by atoms with E-state index in [0.717, 1.165) is 5.56 Å². The molecule has 0 heterocycles. The molecule has 0 radical (unpaired) electrons. The molecule has 0 unspecified atom stereocenters. The van der Waals surface area contributed by atoms with Crippen LogP contribution in [0.25, 0.3) is 0 Å². The first-order valence-electron chi connectivity index (χ1n) is 4.79. The number of hydrogen-bond acceptors (Lipinski definition) is 4. The zero-order valence-corrected chi connectivity index (χ0v) is 10.1. The maximum absolute atomic E-state index is 11.6. The summed E-state index contributed by atoms with van der Waals surface area (Å²) in [6.07, 6.45) is 0. The molecular weight excluding hydrogens is 246 g/mol. The lowest BCUT2D eigenvalue weighted by molar-refractivity contribution is -0.385. The Balaban J connectivity index is 0.00000256. The molecule has 1 rings (SSSR count). The number of nitro benzene ring substituents is 1. The summed E-state index contributed by atoms with van der Waals surface area (Å²) in [4.78, 5) is 21.7. The topological polar surface area (TPSA) is 98.3 Å². The molecule has 7 heteroatoms. The van der Waals surface area contributed by atoms with Gasteiger partial charge < -0.3 is 11.1 Å². The highest BCUT2D eigenvalue weighted by Gasteiger charge is 2.19. The van der Waals surface area contributed by atoms with Gasteiger partial charge in [0.2, 0.25) is 0 Å². The number of amides is 1. The standard InChI is InChI=1S/C10H13N3O3.ClH/c1-7-2-3-9(13(15)16)8(6-7)10(14)12-5-4-11;/h2-3,6H,4-5,11H2,1H3,(H,12,14);1H. The number of nitrogens with zero attached hydrogens (tertiary/aromatic N) is 1. The Morgan fingerprint density at radius 3 is 2.71 bits per heavy atom. The van der Waals surface area contributed by atoms with E-state index < -0.39 is 10.8 Å². The number of aryl methyl sites for hydroxylation is 1. The van der Waals surface area contributed by atoms with Crippen LogP contribution >= 0.6 is 12.4 Å². The number of benzene rings is 1. The molecule has 0 aliphatic heterocycles. The van der Waals surface area contributed by atoms with Gasteiger partial charge in [-0.15, -0.1) is 12.4 Å². The molecule has 1 aromatic rings. The molecular formula is C10H14ClN3O3. The molecule has 0 aliphatic carbocycles. The summed E-state index contributed by atoms with van der Waals surface area (Å²) in [5.41, 5.74) is 5.90. The zero-order chi connectivity index (χ0) is 12.1. The van der Waals surface area contributed by atoms with Gasteiger partial charge in [-0.25, -0.2) is 0 Å². The van der Waals surface area contributed by atoms with E-state index in [1.165, 1.54) is 12.1 Å². The number of carbonyl (C=O) groups excluding carboxylic acids is 1. The maximum Gasteiger partial charge on any atom is 0.282 e. The van der Waals surface area contributed by atoms with Crippen LogP contribution in [-0.2, 0) is 0 Å². The molecule has 17 heavy (non-hydrogen) atoms. The van der Waals surface area contributed by atoms with Gasteiger partial charge in [-0.2, -0.15) is 0 Å². The first-order chi connectivity index (χ1) is 7.56. The van der Waals surface area contributed by atoms with Gasteiger partial charge in [0.15, 0.2) is 0 Å². The second-order valence-electron chi connectivity index (χ2n) is 3.32. The number of carbonyl (C=O) groups is 1. The van der Waals surface area contributed by atoms with E-state index >= 15 is 0 Å². The highest BCUT2D eigenvalue weighted by atomic mass is 35.5. The summed E-state index contributed by atoms with van der Waals surface area (Å²) in [6, 6.07) is 4.41. The molecule has 0 atom stereocenters. The van der Waals surface area contributed by atoms with Crippen molar-refractivity contribution in [1.82, 2.24) is 5.32 Å². The fraction of sp³-hybridized carbons (Fsp3) is 0.300. The number of halogens is 1. The minimum Gasteiger partial charge on any atom is -0.351 e. The fourth-order valence-electron chi connectivity index (χ4n) is 1.27. The Hall–Kier alpha value is -1.66. The van der Waals surface area contributed by atoms with Crippen LogP contribution in [0.3, 0.4) is 0 Å². The Kier molecular flexibility index (Phi) is 6.16. The maximum atomic E-state index is 11.6. The number of nitrogens with one attached hydrogen (secondary N) is 1. The van der Waals surface area contributed by atoms with Crippen LogP contribution in [0, 0.1) is 17.0 Å². The summed E-state index contributed by atoms with van der Waals surface area (Å²) in [5, 5.41) is 13.2. The quantitative estimate of drug-likeness (QED) is 0.623. The van der Waals surface area contributed by atoms with E-state index in [1.807, 2.05) is 0 Å². The summed E-state index contributed by atoms with van der Waals surface area (Å²) in [5.74, 6) is -0.471. The van der Waals surface area contributed by atoms with Crippen LogP contribution in [0.4, 0.5) is 5.69 Å². The fourth-order valence-corrected chi connectivity index (χ4v) is 1.27. The second-order valence-corrected chi connectivity index (χ2v) is 3.32. The van der Waals surface area contributed by atoms with E-state index in [0.29, 0.717) is 13.1 Å². The molecule has 1 aromatic carbocycles. The Labute approximate surface area is 105 Å². The predicted molar refractivity (Wildman–Crippen MR) is 66.5 cm³/mol. The number of nitrogens with two attached hydrogens (primary N) is 1. The predicted octanol–water partition coefficient (Wildman–Crippen LogP) is 1.01. The van der Waals surface area contributed by atoms with Crippen LogP contribution in [-0.4, -0.2) is 23.9 Å². The highest BCUT2D eigenvalue weighted by molar-refractivity contribution is 5.98. The number of hydrogen-bond donors (Lipinski definition) is 2. The molecule has 1 amide bonds. The van der Waals surface area contributed by atoms with E-state index in [9.17, 15) is 14.9 Å². The minimum atomic E-state index is -0.573. The van der Waals surface area contributed by atoms with Gasteiger partial charge in [-0.05, 0) is 18.6 Å². The van der Waals surface area contributed by atoms with Crippen molar-refractivity contribution in [3.8, 4) is 0 Å². The van der Waals surface area contributed by atoms with Crippen LogP contribution < -0.4 is 11.1 Å². The van der Waals surface area contributed by atoms with Crippen molar-refractivity contribution < 1.29 is 9.72 Å². The normalized spacial score (nSPS) is 9.29. The largest absolute Gasteiger partial charge is 0.351 e. The molecule has 0 saturated carbocycles. The van der Waals surface area contributed by atoms with E-state index in [4.69, 9.17) is 5.73 Å². The number of nitro groups is 1. The lowest BCUT2D eigenvalue weighted by Gasteiger charge is -2.05. The van der Waals surface area contributed by atoms with Crippen LogP contribution in [0.2, 0.25) is 0 Å². The van der Waals surface area contributed by atoms with Crippen molar-refractivity contribution in [3.05, 3.63) is 39.4 Å². The monoisotopic (exact) mass is 259 g/mol. The van der Waals surface area contributed by atoms with Gasteiger partial charge in [0.1, 0.15) is 5.56 Å². The van der Waals surface area contributed by atoms with Crippen molar-refractivity contribution in [2.45, 2.75) is 6.92 Å². The molecule has 3 N–H and O–H groups in total. The van der Waals surface area contributed by atoms with E-state index in [1.54, 1.807) is 13.0 Å². The molecule has 94 valence electrons. The minimum absolute atomic E-state index is 0. The van der Waals surface area contributed by atoms with Crippen molar-refractivity contribution in [3.63, 3.8) is 0 Å². The van der Waals surface area contributed by atoms with Gasteiger partial charge in [0.05, 0.1) is 4.92 Å². The van der Waals surface area contributed by atoms with Gasteiger partial charge in [-0.1, -0.05) is 6.07 Å². The van der Waals surface area contributed by atoms with E-state index in [-0.39, 0.29) is 23.7 Å². The van der Waals surface area contributed by atoms with Crippen molar-refractivity contribution in [2.24, 2.45) is 5.73 Å². The number of rotatable bonds is 4. The molecule has 0 spiro atoms. The van der Waals surface area contributed by atoms with Gasteiger partial charge in [0, 0.05) is 19.2 Å². The molecule has 0 bridgehead atoms. The summed E-state index contributed by atoms with van der Waals surface area (Å²) < 4.78 is 0.